The molecule has 0 aromatic heterocycles. The average molecular weight is 391 g/mol. The number of hydrogen-bond acceptors (Lipinski definition) is 8. The van der Waals surface area contributed by atoms with Crippen LogP contribution < -0.4 is 14.2 Å². The number of phenols is 1. The Hall–Kier alpha value is -2.87. The first-order valence-corrected chi connectivity index (χ1v) is 9.09. The fourth-order valence-corrected chi connectivity index (χ4v) is 3.07. The van der Waals surface area contributed by atoms with Gasteiger partial charge in [0.15, 0.2) is 17.8 Å². The number of ether oxygens (including phenoxy) is 3. The first kappa shape index (κ1) is 20.4. The molecule has 2 rings (SSSR count). The van der Waals surface area contributed by atoms with E-state index in [1.807, 2.05) is 32.0 Å². The van der Waals surface area contributed by atoms with Crippen molar-refractivity contribution in [2.75, 3.05) is 25.0 Å². The summed E-state index contributed by atoms with van der Waals surface area (Å²) in [6, 6.07) is 8.37. The number of esters is 1. The van der Waals surface area contributed by atoms with Gasteiger partial charge < -0.3 is 24.0 Å². The molecule has 0 saturated carbocycles. The zero-order chi connectivity index (χ0) is 19.8. The van der Waals surface area contributed by atoms with E-state index in [1.54, 1.807) is 0 Å². The van der Waals surface area contributed by atoms with Crippen LogP contribution in [0.5, 0.6) is 17.2 Å². The van der Waals surface area contributed by atoms with E-state index in [-0.39, 0.29) is 11.1 Å². The Morgan fingerprint density at radius 2 is 1.96 bits per heavy atom. The normalized spacial score (nSPS) is 10.2. The number of phenolic OH excluding ortho intramolecular Hbond substituents is 1. The van der Waals surface area contributed by atoms with E-state index in [1.165, 1.54) is 19.2 Å². The number of rotatable bonds is 9. The number of methoxy groups -OCH3 is 1. The van der Waals surface area contributed by atoms with Crippen LogP contribution in [0.4, 0.5) is 5.69 Å². The molecular formula is C19H21NO6S. The van der Waals surface area contributed by atoms with E-state index in [4.69, 9.17) is 9.47 Å². The minimum absolute atomic E-state index is 0.00435. The predicted molar refractivity (Wildman–Crippen MR) is 103 cm³/mol. The van der Waals surface area contributed by atoms with Crippen molar-refractivity contribution in [3.63, 3.8) is 0 Å². The molecule has 0 bridgehead atoms. The Labute approximate surface area is 161 Å². The summed E-state index contributed by atoms with van der Waals surface area (Å²) in [5, 5.41) is 10.0. The van der Waals surface area contributed by atoms with E-state index in [0.29, 0.717) is 41.6 Å². The van der Waals surface area contributed by atoms with Crippen molar-refractivity contribution in [3.8, 4) is 17.2 Å². The predicted octanol–water partition coefficient (Wildman–Crippen LogP) is 3.91. The van der Waals surface area contributed by atoms with Gasteiger partial charge in [0, 0.05) is 4.90 Å². The second-order valence-corrected chi connectivity index (χ2v) is 6.10. The molecule has 0 fully saturated rings. The fourth-order valence-electron chi connectivity index (χ4n) is 2.32. The quantitative estimate of drug-likeness (QED) is 0.377. The standard InChI is InChI=1S/C19H21NO6S/c1-4-25-16-8-6-7-15(18(16)26-5-2)20-27-13-9-12(11-21)17(22)14(10-13)19(23)24-3/h6-11,20,22H,4-5H2,1-3H3. The molecule has 0 heterocycles. The van der Waals surface area contributed by atoms with Gasteiger partial charge in [0.2, 0.25) is 0 Å². The molecule has 0 saturated heterocycles. The molecule has 0 amide bonds. The van der Waals surface area contributed by atoms with Crippen LogP contribution in [-0.2, 0) is 4.74 Å². The maximum Gasteiger partial charge on any atom is 0.341 e. The Morgan fingerprint density at radius 1 is 1.22 bits per heavy atom. The number of para-hydroxylation sites is 1. The summed E-state index contributed by atoms with van der Waals surface area (Å²) < 4.78 is 19.0. The summed E-state index contributed by atoms with van der Waals surface area (Å²) in [6.45, 7) is 4.72. The average Bonchev–Trinajstić information content (AvgIpc) is 2.68. The van der Waals surface area contributed by atoms with Crippen LogP contribution in [0, 0.1) is 0 Å². The molecule has 0 spiro atoms. The van der Waals surface area contributed by atoms with Crippen molar-refractivity contribution in [1.82, 2.24) is 0 Å². The van der Waals surface area contributed by atoms with Crippen LogP contribution in [0.15, 0.2) is 35.2 Å². The molecule has 27 heavy (non-hydrogen) atoms. The number of aromatic hydroxyl groups is 1. The SMILES string of the molecule is CCOc1cccc(NSc2cc(C=O)c(O)c(C(=O)OC)c2)c1OCC. The van der Waals surface area contributed by atoms with E-state index in [9.17, 15) is 14.7 Å². The van der Waals surface area contributed by atoms with E-state index < -0.39 is 11.7 Å². The van der Waals surface area contributed by atoms with E-state index in [2.05, 4.69) is 9.46 Å². The third-order valence-electron chi connectivity index (χ3n) is 3.49. The smallest absolute Gasteiger partial charge is 0.341 e. The summed E-state index contributed by atoms with van der Waals surface area (Å²) in [5.74, 6) is 0.0392. The molecule has 0 aliphatic carbocycles. The molecule has 0 aliphatic heterocycles. The molecule has 2 aromatic rings. The van der Waals surface area contributed by atoms with Crippen LogP contribution in [-0.4, -0.2) is 37.7 Å². The lowest BCUT2D eigenvalue weighted by atomic mass is 10.1. The zero-order valence-electron chi connectivity index (χ0n) is 15.3. The summed E-state index contributed by atoms with van der Waals surface area (Å²) in [6.07, 6.45) is 0.479. The number of carbonyl (C=O) groups is 2. The number of aldehydes is 1. The minimum atomic E-state index is -0.730. The van der Waals surface area contributed by atoms with Gasteiger partial charge in [0.25, 0.3) is 0 Å². The van der Waals surface area contributed by atoms with Gasteiger partial charge in [-0.05, 0) is 50.1 Å². The maximum atomic E-state index is 11.8. The highest BCUT2D eigenvalue weighted by molar-refractivity contribution is 8.00. The van der Waals surface area contributed by atoms with Crippen molar-refractivity contribution in [2.45, 2.75) is 18.7 Å². The molecule has 8 heteroatoms. The summed E-state index contributed by atoms with van der Waals surface area (Å²) >= 11 is 1.16. The van der Waals surface area contributed by atoms with Gasteiger partial charge in [-0.15, -0.1) is 0 Å². The Kier molecular flexibility index (Phi) is 7.36. The zero-order valence-corrected chi connectivity index (χ0v) is 16.1. The summed E-state index contributed by atoms with van der Waals surface area (Å²) in [5.41, 5.74) is 0.586. The number of hydrogen-bond donors (Lipinski definition) is 2. The lowest BCUT2D eigenvalue weighted by molar-refractivity contribution is 0.0597. The Balaban J connectivity index is 2.32. The topological polar surface area (TPSA) is 94.1 Å². The van der Waals surface area contributed by atoms with Gasteiger partial charge in [-0.2, -0.15) is 0 Å². The van der Waals surface area contributed by atoms with Gasteiger partial charge in [0.05, 0.1) is 31.6 Å². The Bertz CT molecular complexity index is 824. The van der Waals surface area contributed by atoms with Crippen molar-refractivity contribution in [1.29, 1.82) is 0 Å². The van der Waals surface area contributed by atoms with Crippen LogP contribution >= 0.6 is 11.9 Å². The first-order valence-electron chi connectivity index (χ1n) is 8.27. The molecule has 2 N–H and O–H groups in total. The number of benzene rings is 2. The minimum Gasteiger partial charge on any atom is -0.506 e. The van der Waals surface area contributed by atoms with Crippen LogP contribution in [0.1, 0.15) is 34.6 Å². The first-order chi connectivity index (χ1) is 13.0. The third-order valence-corrected chi connectivity index (χ3v) is 4.28. The second kappa shape index (κ2) is 9.72. The second-order valence-electron chi connectivity index (χ2n) is 5.22. The number of anilines is 1. The molecule has 0 unspecified atom stereocenters. The van der Waals surface area contributed by atoms with Gasteiger partial charge >= 0.3 is 5.97 Å². The van der Waals surface area contributed by atoms with Gasteiger partial charge in [0.1, 0.15) is 11.3 Å². The van der Waals surface area contributed by atoms with Crippen molar-refractivity contribution in [2.24, 2.45) is 0 Å². The number of carbonyl (C=O) groups excluding carboxylic acids is 2. The highest BCUT2D eigenvalue weighted by Crippen LogP contribution is 2.38. The van der Waals surface area contributed by atoms with Crippen LogP contribution in [0.25, 0.3) is 0 Å². The molecule has 2 aromatic carbocycles. The van der Waals surface area contributed by atoms with Gasteiger partial charge in [-0.25, -0.2) is 4.79 Å². The largest absolute Gasteiger partial charge is 0.506 e. The van der Waals surface area contributed by atoms with Crippen molar-refractivity contribution >= 4 is 29.9 Å². The molecule has 0 aliphatic rings. The Morgan fingerprint density at radius 3 is 2.59 bits per heavy atom. The lowest BCUT2D eigenvalue weighted by Gasteiger charge is -2.16. The summed E-state index contributed by atoms with van der Waals surface area (Å²) in [4.78, 5) is 23.6. The van der Waals surface area contributed by atoms with Crippen molar-refractivity contribution < 1.29 is 28.9 Å². The monoisotopic (exact) mass is 391 g/mol. The fraction of sp³-hybridized carbons (Fsp3) is 0.263. The molecule has 144 valence electrons. The van der Waals surface area contributed by atoms with E-state index in [0.717, 1.165) is 11.9 Å². The highest BCUT2D eigenvalue weighted by Gasteiger charge is 2.18. The molecular weight excluding hydrogens is 370 g/mol. The maximum absolute atomic E-state index is 11.8. The molecule has 0 atom stereocenters. The molecule has 7 nitrogen and oxygen atoms in total. The highest BCUT2D eigenvalue weighted by atomic mass is 32.2. The lowest BCUT2D eigenvalue weighted by Crippen LogP contribution is -2.04. The number of nitrogens with one attached hydrogen (secondary N) is 1. The summed E-state index contributed by atoms with van der Waals surface area (Å²) in [7, 11) is 1.20. The van der Waals surface area contributed by atoms with Gasteiger partial charge in [-0.1, -0.05) is 6.07 Å². The van der Waals surface area contributed by atoms with Crippen LogP contribution in [0.3, 0.4) is 0 Å². The molecule has 0 radical (unpaired) electrons. The van der Waals surface area contributed by atoms with Crippen LogP contribution in [0.2, 0.25) is 0 Å². The van der Waals surface area contributed by atoms with Gasteiger partial charge in [-0.3, -0.25) is 4.79 Å². The third kappa shape index (κ3) is 4.85. The van der Waals surface area contributed by atoms with Crippen molar-refractivity contribution in [3.05, 3.63) is 41.5 Å². The van der Waals surface area contributed by atoms with E-state index >= 15 is 0 Å².